The number of pyridine rings is 1. The fraction of sp³-hybridized carbons (Fsp3) is 0.130. The van der Waals surface area contributed by atoms with Gasteiger partial charge in [0, 0.05) is 29.4 Å². The lowest BCUT2D eigenvalue weighted by molar-refractivity contribution is 0.102. The van der Waals surface area contributed by atoms with E-state index in [-0.39, 0.29) is 18.5 Å². The molecule has 3 heterocycles. The number of aromatic nitrogens is 2. The molecule has 1 aromatic carbocycles. The lowest BCUT2D eigenvalue weighted by Gasteiger charge is -2.10. The molecule has 0 saturated carbocycles. The van der Waals surface area contributed by atoms with Crippen molar-refractivity contribution in [1.82, 2.24) is 15.5 Å². The molecule has 0 bridgehead atoms. The summed E-state index contributed by atoms with van der Waals surface area (Å²) in [6, 6.07) is 15.3. The van der Waals surface area contributed by atoms with Crippen molar-refractivity contribution in [3.63, 3.8) is 0 Å². The Bertz CT molecular complexity index is 1220. The number of anilines is 2. The van der Waals surface area contributed by atoms with Gasteiger partial charge < -0.3 is 24.9 Å². The van der Waals surface area contributed by atoms with Crippen LogP contribution in [0.2, 0.25) is 0 Å². The summed E-state index contributed by atoms with van der Waals surface area (Å²) in [7, 11) is 0. The molecule has 0 atom stereocenters. The summed E-state index contributed by atoms with van der Waals surface area (Å²) in [6.45, 7) is 2.11. The molecule has 3 N–H and O–H groups in total. The molecule has 3 aromatic heterocycles. The van der Waals surface area contributed by atoms with Gasteiger partial charge in [0.05, 0.1) is 24.1 Å². The standard InChI is InChI=1S/C23H21N5O4S/c1-15-12-18(28-32-15)14-33-22-20(5-2-10-24-22)21(29)26-16-6-8-17(9-7-16)27-23(30)25-13-19-4-3-11-31-19/h2-12H,13-14H2,1H3,(H,26,29)(H2,25,27,30). The number of furan rings is 1. The number of urea groups is 1. The van der Waals surface area contributed by atoms with E-state index in [2.05, 4.69) is 26.1 Å². The van der Waals surface area contributed by atoms with E-state index in [0.29, 0.717) is 33.5 Å². The van der Waals surface area contributed by atoms with Crippen molar-refractivity contribution in [2.24, 2.45) is 0 Å². The molecule has 4 rings (SSSR count). The van der Waals surface area contributed by atoms with Crippen molar-refractivity contribution >= 4 is 35.1 Å². The van der Waals surface area contributed by atoms with E-state index >= 15 is 0 Å². The summed E-state index contributed by atoms with van der Waals surface area (Å²) in [5, 5.41) is 12.8. The summed E-state index contributed by atoms with van der Waals surface area (Å²) < 4.78 is 10.3. The van der Waals surface area contributed by atoms with E-state index < -0.39 is 0 Å². The Hall–Kier alpha value is -4.05. The summed E-state index contributed by atoms with van der Waals surface area (Å²) in [5.74, 6) is 1.65. The van der Waals surface area contributed by atoms with Gasteiger partial charge in [-0.2, -0.15) is 0 Å². The molecule has 0 aliphatic heterocycles. The Kier molecular flexibility index (Phi) is 7.06. The maximum atomic E-state index is 12.8. The van der Waals surface area contributed by atoms with Crippen LogP contribution in [0.5, 0.6) is 0 Å². The van der Waals surface area contributed by atoms with E-state index in [1.54, 1.807) is 61.0 Å². The average Bonchev–Trinajstić information content (AvgIpc) is 3.49. The predicted molar refractivity (Wildman–Crippen MR) is 124 cm³/mol. The second-order valence-electron chi connectivity index (χ2n) is 6.99. The fourth-order valence-electron chi connectivity index (χ4n) is 2.90. The van der Waals surface area contributed by atoms with Gasteiger partial charge in [0.1, 0.15) is 16.5 Å². The molecule has 33 heavy (non-hydrogen) atoms. The normalized spacial score (nSPS) is 10.6. The predicted octanol–water partition coefficient (Wildman–Crippen LogP) is 4.84. The Labute approximate surface area is 194 Å². The highest BCUT2D eigenvalue weighted by atomic mass is 32.2. The zero-order valence-corrected chi connectivity index (χ0v) is 18.5. The van der Waals surface area contributed by atoms with Crippen molar-refractivity contribution in [3.8, 4) is 0 Å². The molecule has 0 radical (unpaired) electrons. The van der Waals surface area contributed by atoms with Crippen LogP contribution in [-0.2, 0) is 12.3 Å². The van der Waals surface area contributed by atoms with Crippen LogP contribution in [0.1, 0.15) is 27.6 Å². The van der Waals surface area contributed by atoms with Crippen molar-refractivity contribution in [1.29, 1.82) is 0 Å². The van der Waals surface area contributed by atoms with Gasteiger partial charge in [-0.25, -0.2) is 9.78 Å². The molecule has 0 unspecified atom stereocenters. The number of rotatable bonds is 8. The number of nitrogens with zero attached hydrogens (tertiary/aromatic N) is 2. The highest BCUT2D eigenvalue weighted by Gasteiger charge is 2.14. The van der Waals surface area contributed by atoms with Crippen LogP contribution in [-0.4, -0.2) is 22.1 Å². The molecule has 0 spiro atoms. The number of hydrogen-bond donors (Lipinski definition) is 3. The van der Waals surface area contributed by atoms with Crippen LogP contribution >= 0.6 is 11.8 Å². The third-order valence-corrected chi connectivity index (χ3v) is 5.49. The van der Waals surface area contributed by atoms with Crippen LogP contribution in [0.15, 0.2) is 81.0 Å². The quantitative estimate of drug-likeness (QED) is 0.320. The van der Waals surface area contributed by atoms with Gasteiger partial charge in [-0.15, -0.1) is 0 Å². The Morgan fingerprint density at radius 2 is 1.82 bits per heavy atom. The molecule has 9 nitrogen and oxygen atoms in total. The first kappa shape index (κ1) is 22.2. The van der Waals surface area contributed by atoms with Crippen LogP contribution in [0, 0.1) is 6.92 Å². The molecule has 3 amide bonds. The Morgan fingerprint density at radius 3 is 2.52 bits per heavy atom. The molecule has 10 heteroatoms. The monoisotopic (exact) mass is 463 g/mol. The maximum Gasteiger partial charge on any atom is 0.319 e. The largest absolute Gasteiger partial charge is 0.467 e. The number of aryl methyl sites for hydroxylation is 1. The minimum Gasteiger partial charge on any atom is -0.467 e. The van der Waals surface area contributed by atoms with Crippen molar-refractivity contribution in [3.05, 3.63) is 89.8 Å². The molecule has 168 valence electrons. The third-order valence-electron chi connectivity index (χ3n) is 4.45. The lowest BCUT2D eigenvalue weighted by Crippen LogP contribution is -2.27. The fourth-order valence-corrected chi connectivity index (χ4v) is 3.77. The van der Waals surface area contributed by atoms with E-state index in [4.69, 9.17) is 8.94 Å². The van der Waals surface area contributed by atoms with Crippen LogP contribution in [0.25, 0.3) is 0 Å². The van der Waals surface area contributed by atoms with Crippen molar-refractivity contribution < 1.29 is 18.5 Å². The first-order valence-corrected chi connectivity index (χ1v) is 11.0. The van der Waals surface area contributed by atoms with Gasteiger partial charge in [0.25, 0.3) is 5.91 Å². The summed E-state index contributed by atoms with van der Waals surface area (Å²) in [4.78, 5) is 29.2. The Balaban J connectivity index is 1.32. The topological polar surface area (TPSA) is 122 Å². The third kappa shape index (κ3) is 6.23. The van der Waals surface area contributed by atoms with E-state index in [1.165, 1.54) is 11.8 Å². The van der Waals surface area contributed by atoms with Gasteiger partial charge in [0.2, 0.25) is 0 Å². The van der Waals surface area contributed by atoms with Gasteiger partial charge in [-0.3, -0.25) is 4.79 Å². The van der Waals surface area contributed by atoms with Crippen molar-refractivity contribution in [2.75, 3.05) is 10.6 Å². The minimum atomic E-state index is -0.359. The molecular formula is C23H21N5O4S. The first-order valence-electron chi connectivity index (χ1n) is 10.1. The van der Waals surface area contributed by atoms with E-state index in [1.807, 2.05) is 13.0 Å². The van der Waals surface area contributed by atoms with E-state index in [0.717, 1.165) is 11.5 Å². The van der Waals surface area contributed by atoms with Crippen LogP contribution in [0.3, 0.4) is 0 Å². The molecule has 0 fully saturated rings. The first-order chi connectivity index (χ1) is 16.1. The van der Waals surface area contributed by atoms with Gasteiger partial charge in [-0.05, 0) is 55.5 Å². The Morgan fingerprint density at radius 1 is 1.03 bits per heavy atom. The second kappa shape index (κ2) is 10.5. The maximum absolute atomic E-state index is 12.8. The highest BCUT2D eigenvalue weighted by Crippen LogP contribution is 2.25. The number of carbonyl (C=O) groups is 2. The summed E-state index contributed by atoms with van der Waals surface area (Å²) in [6.07, 6.45) is 3.19. The number of benzene rings is 1. The SMILES string of the molecule is Cc1cc(CSc2ncccc2C(=O)Nc2ccc(NC(=O)NCc3ccco3)cc2)no1. The number of nitrogens with one attached hydrogen (secondary N) is 3. The molecule has 0 aliphatic carbocycles. The zero-order chi connectivity index (χ0) is 23.0. The highest BCUT2D eigenvalue weighted by molar-refractivity contribution is 7.98. The smallest absolute Gasteiger partial charge is 0.319 e. The van der Waals surface area contributed by atoms with E-state index in [9.17, 15) is 9.59 Å². The zero-order valence-electron chi connectivity index (χ0n) is 17.7. The minimum absolute atomic E-state index is 0.279. The molecular weight excluding hydrogens is 442 g/mol. The molecule has 0 saturated heterocycles. The second-order valence-corrected chi connectivity index (χ2v) is 7.96. The number of hydrogen-bond acceptors (Lipinski definition) is 7. The number of carbonyl (C=O) groups excluding carboxylic acids is 2. The molecule has 0 aliphatic rings. The average molecular weight is 464 g/mol. The summed E-state index contributed by atoms with van der Waals surface area (Å²) in [5.41, 5.74) is 2.42. The molecule has 4 aromatic rings. The van der Waals surface area contributed by atoms with Crippen LogP contribution in [0.4, 0.5) is 16.2 Å². The summed E-state index contributed by atoms with van der Waals surface area (Å²) >= 11 is 1.41. The lowest BCUT2D eigenvalue weighted by atomic mass is 10.2. The van der Waals surface area contributed by atoms with Gasteiger partial charge in [-0.1, -0.05) is 16.9 Å². The van der Waals surface area contributed by atoms with Crippen LogP contribution < -0.4 is 16.0 Å². The van der Waals surface area contributed by atoms with Gasteiger partial charge in [0.15, 0.2) is 0 Å². The van der Waals surface area contributed by atoms with Gasteiger partial charge >= 0.3 is 6.03 Å². The number of amides is 3. The number of thioether (sulfide) groups is 1. The van der Waals surface area contributed by atoms with Crippen molar-refractivity contribution in [2.45, 2.75) is 24.2 Å².